The highest BCUT2D eigenvalue weighted by Gasteiger charge is 2.49. The number of halogens is 4. The predicted octanol–water partition coefficient (Wildman–Crippen LogP) is 4.67. The van der Waals surface area contributed by atoms with Gasteiger partial charge < -0.3 is 10.0 Å². The van der Waals surface area contributed by atoms with E-state index in [1.165, 1.54) is 12.1 Å². The Hall–Kier alpha value is -1.96. The number of alkyl halides is 3. The van der Waals surface area contributed by atoms with E-state index in [0.717, 1.165) is 36.1 Å². The van der Waals surface area contributed by atoms with Crippen LogP contribution in [0.25, 0.3) is 11.1 Å². The first-order valence-electron chi connectivity index (χ1n) is 10.9. The van der Waals surface area contributed by atoms with Crippen molar-refractivity contribution in [3.05, 3.63) is 59.9 Å². The predicted molar refractivity (Wildman–Crippen MR) is 112 cm³/mol. The summed E-state index contributed by atoms with van der Waals surface area (Å²) in [6, 6.07) is 14.4. The molecule has 2 fully saturated rings. The molecular weight excluding hydrogens is 408 g/mol. The van der Waals surface area contributed by atoms with Crippen LogP contribution < -0.4 is 0 Å². The Bertz CT molecular complexity index is 871. The van der Waals surface area contributed by atoms with Crippen molar-refractivity contribution in [2.45, 2.75) is 43.4 Å². The minimum atomic E-state index is -4.15. The molecule has 1 N–H and O–H groups in total. The molecule has 3 atom stereocenters. The van der Waals surface area contributed by atoms with Gasteiger partial charge in [-0.3, -0.25) is 4.90 Å². The number of aliphatic hydroxyl groups excluding tert-OH is 1. The summed E-state index contributed by atoms with van der Waals surface area (Å²) < 4.78 is 51.8. The van der Waals surface area contributed by atoms with E-state index in [1.54, 1.807) is 6.07 Å². The second-order valence-electron chi connectivity index (χ2n) is 8.59. The summed E-state index contributed by atoms with van der Waals surface area (Å²) in [5, 5.41) is 10.0. The van der Waals surface area contributed by atoms with Crippen LogP contribution in [0.2, 0.25) is 0 Å². The van der Waals surface area contributed by atoms with Crippen molar-refractivity contribution in [1.29, 1.82) is 0 Å². The Morgan fingerprint density at radius 1 is 0.968 bits per heavy atom. The summed E-state index contributed by atoms with van der Waals surface area (Å²) in [6.45, 7) is 2.15. The van der Waals surface area contributed by atoms with Crippen molar-refractivity contribution >= 4 is 0 Å². The number of hydrogen-bond donors (Lipinski definition) is 1. The Kier molecular flexibility index (Phi) is 6.65. The third-order valence-corrected chi connectivity index (χ3v) is 6.62. The quantitative estimate of drug-likeness (QED) is 0.690. The van der Waals surface area contributed by atoms with Gasteiger partial charge in [-0.1, -0.05) is 36.4 Å². The summed E-state index contributed by atoms with van der Waals surface area (Å²) in [5.41, 5.74) is 2.77. The lowest BCUT2D eigenvalue weighted by molar-refractivity contribution is -0.140. The summed E-state index contributed by atoms with van der Waals surface area (Å²) in [5.74, 6) is -0.219. The smallest absolute Gasteiger partial charge is 0.390 e. The summed E-state index contributed by atoms with van der Waals surface area (Å²) in [4.78, 5) is 4.18. The van der Waals surface area contributed by atoms with E-state index in [2.05, 4.69) is 4.90 Å². The molecule has 2 aliphatic heterocycles. The monoisotopic (exact) mass is 436 g/mol. The van der Waals surface area contributed by atoms with Gasteiger partial charge in [-0.15, -0.1) is 0 Å². The van der Waals surface area contributed by atoms with Crippen LogP contribution in [0.3, 0.4) is 0 Å². The first kappa shape index (κ1) is 22.2. The largest absolute Gasteiger partial charge is 0.395 e. The third kappa shape index (κ3) is 5.10. The van der Waals surface area contributed by atoms with Gasteiger partial charge in [0.25, 0.3) is 0 Å². The highest BCUT2D eigenvalue weighted by Crippen LogP contribution is 2.42. The second kappa shape index (κ2) is 9.27. The average molecular weight is 436 g/mol. The lowest BCUT2D eigenvalue weighted by Gasteiger charge is -2.57. The molecule has 31 heavy (non-hydrogen) atoms. The molecule has 0 bridgehead atoms. The molecule has 168 valence electrons. The van der Waals surface area contributed by atoms with Crippen molar-refractivity contribution in [1.82, 2.24) is 9.80 Å². The van der Waals surface area contributed by atoms with E-state index in [4.69, 9.17) is 0 Å². The van der Waals surface area contributed by atoms with Crippen LogP contribution in [-0.4, -0.2) is 66.0 Å². The van der Waals surface area contributed by atoms with Gasteiger partial charge >= 0.3 is 6.18 Å². The minimum Gasteiger partial charge on any atom is -0.395 e. The van der Waals surface area contributed by atoms with Gasteiger partial charge in [0.2, 0.25) is 0 Å². The molecule has 7 heteroatoms. The molecule has 0 amide bonds. The summed E-state index contributed by atoms with van der Waals surface area (Å²) in [6.07, 6.45) is -3.16. The molecule has 4 rings (SSSR count). The van der Waals surface area contributed by atoms with Crippen LogP contribution in [0.4, 0.5) is 17.6 Å². The van der Waals surface area contributed by atoms with Gasteiger partial charge in [0, 0.05) is 31.1 Å². The Morgan fingerprint density at radius 2 is 1.71 bits per heavy atom. The molecule has 3 nitrogen and oxygen atoms in total. The van der Waals surface area contributed by atoms with Gasteiger partial charge in [0.15, 0.2) is 0 Å². The normalized spacial score (nSPS) is 25.4. The van der Waals surface area contributed by atoms with Crippen LogP contribution >= 0.6 is 0 Å². The highest BCUT2D eigenvalue weighted by molar-refractivity contribution is 5.63. The zero-order valence-electron chi connectivity index (χ0n) is 17.4. The standard InChI is InChI=1S/C24H28F4N2O/c25-20-5-3-4-19(14-20)17-6-8-18(9-7-17)23-21-15-29(13-10-24(26,27)28)11-1-2-12-30(21)22(23)16-31/h3-9,14,21-23,31H,1-2,10-13,15-16H2/t21-,22-,23-/m1/s1. The molecule has 2 aromatic rings. The summed E-state index contributed by atoms with van der Waals surface area (Å²) in [7, 11) is 0. The summed E-state index contributed by atoms with van der Waals surface area (Å²) >= 11 is 0. The number of benzene rings is 2. The van der Waals surface area contributed by atoms with Crippen LogP contribution in [0.15, 0.2) is 48.5 Å². The molecule has 2 aromatic carbocycles. The van der Waals surface area contributed by atoms with Gasteiger partial charge in [0.05, 0.1) is 13.0 Å². The molecule has 0 saturated carbocycles. The Balaban J connectivity index is 1.52. The van der Waals surface area contributed by atoms with E-state index in [1.807, 2.05) is 35.2 Å². The number of rotatable bonds is 5. The first-order valence-corrected chi connectivity index (χ1v) is 10.9. The maximum atomic E-state index is 13.5. The third-order valence-electron chi connectivity index (χ3n) is 6.62. The first-order chi connectivity index (χ1) is 14.9. The SMILES string of the molecule is OC[C@@H]1[C@H](c2ccc(-c3cccc(F)c3)cc2)[C@H]2CN(CCC(F)(F)F)CCCCN12. The maximum absolute atomic E-state index is 13.5. The zero-order chi connectivity index (χ0) is 22.0. The minimum absolute atomic E-state index is 0.0167. The fourth-order valence-electron chi connectivity index (χ4n) is 5.07. The lowest BCUT2D eigenvalue weighted by Crippen LogP contribution is -2.67. The number of nitrogens with zero attached hydrogens (tertiary/aromatic N) is 2. The number of aliphatic hydroxyl groups is 1. The number of hydrogen-bond acceptors (Lipinski definition) is 3. The van der Waals surface area contributed by atoms with Crippen LogP contribution in [-0.2, 0) is 0 Å². The van der Waals surface area contributed by atoms with Crippen LogP contribution in [0, 0.1) is 5.82 Å². The molecule has 2 heterocycles. The van der Waals surface area contributed by atoms with Crippen molar-refractivity contribution < 1.29 is 22.7 Å². The fourth-order valence-corrected chi connectivity index (χ4v) is 5.07. The molecule has 0 spiro atoms. The topological polar surface area (TPSA) is 26.7 Å². The van der Waals surface area contributed by atoms with Crippen molar-refractivity contribution in [2.75, 3.05) is 32.8 Å². The van der Waals surface area contributed by atoms with Crippen LogP contribution in [0.1, 0.15) is 30.7 Å². The van der Waals surface area contributed by atoms with Crippen LogP contribution in [0.5, 0.6) is 0 Å². The Morgan fingerprint density at radius 3 is 2.39 bits per heavy atom. The molecule has 0 aromatic heterocycles. The van der Waals surface area contributed by atoms with E-state index in [0.29, 0.717) is 13.1 Å². The van der Waals surface area contributed by atoms with E-state index >= 15 is 0 Å². The van der Waals surface area contributed by atoms with Crippen molar-refractivity contribution in [2.24, 2.45) is 0 Å². The molecular formula is C24H28F4N2O. The van der Waals surface area contributed by atoms with E-state index in [-0.39, 0.29) is 37.0 Å². The molecule has 0 aliphatic carbocycles. The second-order valence-corrected chi connectivity index (χ2v) is 8.59. The molecule has 2 aliphatic rings. The molecule has 0 unspecified atom stereocenters. The zero-order valence-corrected chi connectivity index (χ0v) is 17.4. The van der Waals surface area contributed by atoms with Gasteiger partial charge in [0.1, 0.15) is 5.82 Å². The average Bonchev–Trinajstić information content (AvgIpc) is 2.72. The Labute approximate surface area is 180 Å². The van der Waals surface area contributed by atoms with Gasteiger partial charge in [-0.05, 0) is 54.8 Å². The van der Waals surface area contributed by atoms with Gasteiger partial charge in [-0.2, -0.15) is 13.2 Å². The van der Waals surface area contributed by atoms with Gasteiger partial charge in [-0.25, -0.2) is 4.39 Å². The van der Waals surface area contributed by atoms with Crippen molar-refractivity contribution in [3.8, 4) is 11.1 Å². The highest BCUT2D eigenvalue weighted by atomic mass is 19.4. The molecule has 2 saturated heterocycles. The molecule has 0 radical (unpaired) electrons. The maximum Gasteiger partial charge on any atom is 0.390 e. The fraction of sp³-hybridized carbons (Fsp3) is 0.500. The van der Waals surface area contributed by atoms with E-state index < -0.39 is 12.6 Å². The van der Waals surface area contributed by atoms with E-state index in [9.17, 15) is 22.7 Å². The lowest BCUT2D eigenvalue weighted by atomic mass is 9.74. The number of fused-ring (bicyclic) bond motifs is 1. The van der Waals surface area contributed by atoms with Crippen molar-refractivity contribution in [3.63, 3.8) is 0 Å².